The fraction of sp³-hybridized carbons (Fsp3) is 0.440. The summed E-state index contributed by atoms with van der Waals surface area (Å²) in [5, 5.41) is 195. The summed E-state index contributed by atoms with van der Waals surface area (Å²) < 4.78 is 74.0. The van der Waals surface area contributed by atoms with Crippen LogP contribution < -0.4 is 73.1 Å². The van der Waals surface area contributed by atoms with Gasteiger partial charge in [0.25, 0.3) is 5.91 Å². The van der Waals surface area contributed by atoms with Crippen LogP contribution in [0.5, 0.6) is 46.0 Å². The van der Waals surface area contributed by atoms with Crippen molar-refractivity contribution in [3.63, 3.8) is 0 Å². The molecule has 3 unspecified atom stereocenters. The Hall–Kier alpha value is -11.7. The molecule has 6 heterocycles. The molecule has 734 valence electrons. The summed E-state index contributed by atoms with van der Waals surface area (Å²) in [4.78, 5) is 133. The smallest absolute Gasteiger partial charge is 0.416 e. The van der Waals surface area contributed by atoms with Crippen LogP contribution in [0.15, 0.2) is 121 Å². The van der Waals surface area contributed by atoms with Crippen LogP contribution >= 0.6 is 23.2 Å². The Kier molecular flexibility index (Phi) is 33.2. The lowest BCUT2D eigenvalue weighted by Gasteiger charge is -2.48. The third-order valence-corrected chi connectivity index (χ3v) is 24.9. The van der Waals surface area contributed by atoms with E-state index in [-0.39, 0.29) is 62.4 Å². The van der Waals surface area contributed by atoms with Crippen LogP contribution in [-0.4, -0.2) is 260 Å². The van der Waals surface area contributed by atoms with E-state index in [2.05, 4.69) is 53.2 Å². The molecule has 1 saturated carbocycles. The minimum atomic E-state index is -4.56. The second-order valence-electron chi connectivity index (χ2n) is 34.6. The Morgan fingerprint density at radius 3 is 1.86 bits per heavy atom. The first kappa shape index (κ1) is 103. The molecule has 0 radical (unpaired) electrons. The van der Waals surface area contributed by atoms with Crippen LogP contribution in [0.1, 0.15) is 135 Å². The molecule has 136 heavy (non-hydrogen) atoms. The number of phenols is 3. The monoisotopic (exact) mass is 1940 g/mol. The Morgan fingerprint density at radius 2 is 1.27 bits per heavy atom. The summed E-state index contributed by atoms with van der Waals surface area (Å²) in [5.74, 6) is -19.2. The molecule has 14 rings (SSSR count). The molecule has 11 bridgehead atoms. The maximum atomic E-state index is 16.5. The first-order valence-electron chi connectivity index (χ1n) is 43.2. The molecule has 40 nitrogen and oxygen atoms in total. The number of primary amides is 1. The molecule has 7 aromatic carbocycles. The number of fused-ring (bicyclic) bond motifs is 15. The fourth-order valence-corrected chi connectivity index (χ4v) is 17.3. The highest BCUT2D eigenvalue weighted by molar-refractivity contribution is 6.32. The number of aliphatic hydroxyl groups excluding tert-OH is 11. The van der Waals surface area contributed by atoms with E-state index in [4.69, 9.17) is 52.6 Å². The predicted molar refractivity (Wildman–Crippen MR) is 473 cm³/mol. The summed E-state index contributed by atoms with van der Waals surface area (Å²) in [6, 6.07) is 8.77. The summed E-state index contributed by atoms with van der Waals surface area (Å²) in [5.41, 5.74) is 1.50. The second-order valence-corrected chi connectivity index (χ2v) is 35.4. The number of carboxylic acid groups (broad SMARTS) is 1. The predicted octanol–water partition coefficient (Wildman–Crippen LogP) is 1.32. The zero-order chi connectivity index (χ0) is 99.1. The van der Waals surface area contributed by atoms with Crippen molar-refractivity contribution in [2.45, 2.75) is 206 Å². The van der Waals surface area contributed by atoms with Gasteiger partial charge in [0.2, 0.25) is 53.4 Å². The number of amides is 8. The van der Waals surface area contributed by atoms with Gasteiger partial charge in [0, 0.05) is 41.9 Å². The highest BCUT2D eigenvalue weighted by Gasteiger charge is 2.52. The van der Waals surface area contributed by atoms with Gasteiger partial charge in [0.15, 0.2) is 23.6 Å². The van der Waals surface area contributed by atoms with Gasteiger partial charge in [-0.3, -0.25) is 38.4 Å². The number of likely N-dealkylation sites (N-methyl/N-ethyl adjacent to an activating group) is 1. The Balaban J connectivity index is 0.999. The highest BCUT2D eigenvalue weighted by Crippen LogP contribution is 2.51. The number of alkyl halides is 3. The summed E-state index contributed by atoms with van der Waals surface area (Å²) >= 11 is 14.4. The van der Waals surface area contributed by atoms with E-state index in [1.54, 1.807) is 52.0 Å². The lowest BCUT2D eigenvalue weighted by Crippen LogP contribution is -2.64. The van der Waals surface area contributed by atoms with Crippen molar-refractivity contribution in [1.82, 2.24) is 53.2 Å². The summed E-state index contributed by atoms with van der Waals surface area (Å²) in [6.45, 7) is 4.11. The molecule has 45 heteroatoms. The molecule has 7 aliphatic rings. The molecule has 0 spiro atoms. The lowest BCUT2D eigenvalue weighted by atomic mass is 9.73. The Labute approximate surface area is 784 Å². The highest BCUT2D eigenvalue weighted by atomic mass is 35.5. The largest absolute Gasteiger partial charge is 0.507 e. The summed E-state index contributed by atoms with van der Waals surface area (Å²) in [6.07, 6.45) is -30.6. The number of hydrogen-bond acceptors (Lipinski definition) is 31. The van der Waals surface area contributed by atoms with Gasteiger partial charge in [-0.05, 0) is 164 Å². The molecule has 2 fully saturated rings. The van der Waals surface area contributed by atoms with Crippen LogP contribution in [0, 0.1) is 11.8 Å². The zero-order valence-corrected chi connectivity index (χ0v) is 74.9. The van der Waals surface area contributed by atoms with E-state index in [1.165, 1.54) is 25.2 Å². The topological polar surface area (TPSA) is 650 Å². The van der Waals surface area contributed by atoms with Crippen molar-refractivity contribution in [2.24, 2.45) is 17.6 Å². The van der Waals surface area contributed by atoms with Crippen molar-refractivity contribution in [3.05, 3.63) is 176 Å². The number of phenolic OH excluding ortho intramolecular Hbond substituents is 3. The maximum absolute atomic E-state index is 16.5. The number of aliphatic hydroxyl groups is 11. The third kappa shape index (κ3) is 23.4. The van der Waals surface area contributed by atoms with Gasteiger partial charge in [-0.15, -0.1) is 0 Å². The van der Waals surface area contributed by atoms with Crippen molar-refractivity contribution in [3.8, 4) is 68.2 Å². The first-order valence-corrected chi connectivity index (χ1v) is 43.9. The van der Waals surface area contributed by atoms with Gasteiger partial charge < -0.3 is 159 Å². The molecular formula is C91H106Cl2F3N11O29. The number of aliphatic carboxylic acids is 1. The number of rotatable bonds is 28. The van der Waals surface area contributed by atoms with E-state index in [0.717, 1.165) is 78.9 Å². The number of nitrogens with two attached hydrogens (primary N) is 1. The van der Waals surface area contributed by atoms with Gasteiger partial charge >= 0.3 is 12.1 Å². The first-order chi connectivity index (χ1) is 64.3. The Bertz CT molecular complexity index is 5580. The summed E-state index contributed by atoms with van der Waals surface area (Å²) in [7, 11) is 1.45. The number of ether oxygens (including phenoxy) is 5. The van der Waals surface area contributed by atoms with Crippen LogP contribution in [0.25, 0.3) is 22.3 Å². The third-order valence-electron chi connectivity index (χ3n) is 24.3. The van der Waals surface area contributed by atoms with Gasteiger partial charge in [-0.2, -0.15) is 13.2 Å². The van der Waals surface area contributed by atoms with E-state index in [1.807, 2.05) is 0 Å². The van der Waals surface area contributed by atoms with Crippen LogP contribution in [0.2, 0.25) is 10.0 Å². The average Bonchev–Trinajstić information content (AvgIpc) is 0.750. The number of aromatic hydroxyl groups is 3. The molecule has 27 N–H and O–H groups in total. The van der Waals surface area contributed by atoms with Crippen LogP contribution in [0.3, 0.4) is 0 Å². The van der Waals surface area contributed by atoms with E-state index in [9.17, 15) is 109 Å². The molecular weight excluding hydrogens is 1840 g/mol. The molecule has 1 saturated heterocycles. The zero-order valence-electron chi connectivity index (χ0n) is 73.4. The van der Waals surface area contributed by atoms with Crippen molar-refractivity contribution in [1.29, 1.82) is 0 Å². The molecule has 0 aromatic heterocycles. The minimum Gasteiger partial charge on any atom is -0.507 e. The second kappa shape index (κ2) is 43.8. The standard InChI is InChI=1S/C91H106Cl2F3N11O29/c1-37(2)23-53(98-5)81(123)106-68-70(114)43-14-19-58(51(92)26-43)133-60-28-45-29-61(78(60)136-89-79(76(120)74(118)62(36-109)135-89)132-47-24-38(3)80(122)90(4,32-47)101-33-39-7-9-40(10-8-39)41-11-16-46(17-12-41)91(94,95)96)134-59-20-15-44(27-52(59)93)71(115)69-86(128)105-67(88(130)131)49-30-56(111)50(34-99-21-6-22-100-87(129)77(121)75(119)73(117)57(112)35-108)72(116)64(49)48-25-42(13-18-55(48)110)65(83(125)107-69)104-84(126)66(45)103-82(124)54(31-63(97)113)102-85(68)127/h7-20,25-30,37-38,47,53-54,57,62,65-71,73-77,79-80,89,98-99,101,108-112,114-122H,6,21-24,31-36H2,1-5H3,(H2,97,113)(H,100,129)(H,102,127)(H,103,124)(H,104,126)(H,105,128)(H,106,123)(H,107,125)(H,130,131)/t38-,47-,53-,54+,57-,62-,65+,66-,67+,68-,69+,70-,71-,73-,74?,75+,76?,77-,79-,80-,89+,90?/m1/s1. The SMILES string of the molecule is CN[C@H](CC(C)C)C(=O)N[C@H]1C(=O)N[C@@H](CC(N)=O)C(=O)N[C@H]2C(=O)N[C@@H]3C(=O)N[C@H](C(=O)N[C@H](C(=O)O)c4cc(O)c(CNCCCNC(=O)[C@H](O)[C@@H](O)[C@H](O)[C@H](O)CO)c(O)c4-c4cc3ccc4O)[C@H](O)c3ccc(c(Cl)c3)Oc3cc2cc(c3O[C@@H]2O[C@H](CO)C(O)C(O)[C@H]2O[C@@H]2C[C@@H](C)[C@@H](O)C(C)(NCc3ccc(-c4ccc(C(F)(F)F)cc4)cc3)C2)Oc2ccc(cc2Cl)[C@H]1O. The number of halogens is 5. The minimum absolute atomic E-state index is 0.0279. The number of hydrogen-bond donors (Lipinski definition) is 26. The van der Waals surface area contributed by atoms with Gasteiger partial charge in [0.1, 0.15) is 114 Å². The number of carboxylic acids is 1. The molecule has 22 atom stereocenters. The van der Waals surface area contributed by atoms with Crippen LogP contribution in [0.4, 0.5) is 13.2 Å². The quantitative estimate of drug-likeness (QED) is 0.0308. The molecule has 7 aromatic rings. The lowest BCUT2D eigenvalue weighted by molar-refractivity contribution is -0.299. The number of carbonyl (C=O) groups is 9. The number of carbonyl (C=O) groups excluding carboxylic acids is 8. The molecule has 1 aliphatic carbocycles. The van der Waals surface area contributed by atoms with E-state index in [0.29, 0.717) is 16.7 Å². The van der Waals surface area contributed by atoms with Gasteiger partial charge in [-0.1, -0.05) is 98.6 Å². The maximum Gasteiger partial charge on any atom is 0.416 e. The van der Waals surface area contributed by atoms with E-state index < -0.39 is 314 Å². The van der Waals surface area contributed by atoms with Crippen molar-refractivity contribution < 1.29 is 157 Å². The van der Waals surface area contributed by atoms with Crippen molar-refractivity contribution in [2.75, 3.05) is 33.4 Å². The molecule has 8 amide bonds. The van der Waals surface area contributed by atoms with E-state index >= 15 is 24.0 Å². The normalized spacial score (nSPS) is 25.9. The number of nitrogens with one attached hydrogen (secondary N) is 10. The van der Waals surface area contributed by atoms with Gasteiger partial charge in [-0.25, -0.2) is 4.79 Å². The van der Waals surface area contributed by atoms with Crippen LogP contribution in [-0.2, 0) is 71.9 Å². The average molecular weight is 1950 g/mol. The molecule has 6 aliphatic heterocycles. The number of benzene rings is 7. The van der Waals surface area contributed by atoms with Gasteiger partial charge in [0.05, 0.1) is 59.1 Å². The Morgan fingerprint density at radius 1 is 0.669 bits per heavy atom. The fourth-order valence-electron chi connectivity index (χ4n) is 16.8. The van der Waals surface area contributed by atoms with Crippen molar-refractivity contribution >= 4 is 76.4 Å².